The van der Waals surface area contributed by atoms with Crippen LogP contribution in [0, 0.1) is 12.8 Å². The topological polar surface area (TPSA) is 63.2 Å². The first kappa shape index (κ1) is 20.5. The number of carbonyl (C=O) groups excluding carboxylic acids is 1. The van der Waals surface area contributed by atoms with Gasteiger partial charge in [0.1, 0.15) is 5.75 Å². The maximum atomic E-state index is 12.2. The average Bonchev–Trinajstić information content (AvgIpc) is 3.30. The van der Waals surface area contributed by atoms with Gasteiger partial charge in [-0.3, -0.25) is 4.79 Å². The van der Waals surface area contributed by atoms with Crippen LogP contribution in [0.15, 0.2) is 24.3 Å². The number of rotatable bonds is 8. The van der Waals surface area contributed by atoms with Gasteiger partial charge in [0.2, 0.25) is 5.91 Å². The Morgan fingerprint density at radius 2 is 2.04 bits per heavy atom. The Morgan fingerprint density at radius 3 is 2.65 bits per heavy atom. The lowest BCUT2D eigenvalue weighted by atomic mass is 10.1. The van der Waals surface area contributed by atoms with E-state index in [0.717, 1.165) is 28.6 Å². The molecule has 26 heavy (non-hydrogen) atoms. The summed E-state index contributed by atoms with van der Waals surface area (Å²) in [7, 11) is 0. The molecule has 1 fully saturated rings. The van der Waals surface area contributed by atoms with Crippen molar-refractivity contribution in [2.75, 3.05) is 18.4 Å². The van der Waals surface area contributed by atoms with Crippen LogP contribution < -0.4 is 15.4 Å². The fourth-order valence-corrected chi connectivity index (χ4v) is 3.24. The molecule has 0 bridgehead atoms. The minimum absolute atomic E-state index is 0. The van der Waals surface area contributed by atoms with Gasteiger partial charge in [-0.05, 0) is 56.5 Å². The third-order valence-electron chi connectivity index (χ3n) is 3.81. The van der Waals surface area contributed by atoms with Gasteiger partial charge < -0.3 is 15.4 Å². The summed E-state index contributed by atoms with van der Waals surface area (Å²) in [4.78, 5) is 17.3. The molecule has 9 heteroatoms. The predicted molar refractivity (Wildman–Crippen MR) is 100 cm³/mol. The van der Waals surface area contributed by atoms with Gasteiger partial charge in [0, 0.05) is 10.4 Å². The van der Waals surface area contributed by atoms with Gasteiger partial charge in [-0.25, -0.2) is 4.98 Å². The van der Waals surface area contributed by atoms with E-state index in [9.17, 15) is 13.6 Å². The number of anilines is 1. The van der Waals surface area contributed by atoms with Crippen molar-refractivity contribution in [3.05, 3.63) is 29.1 Å². The molecule has 1 heterocycles. The SMILES string of the molecule is Cc1sc(NC(=O)CNCC2CC2)nc1-c1ccc(OC(F)F)cc1.Cl. The van der Waals surface area contributed by atoms with Crippen LogP contribution in [0.3, 0.4) is 0 Å². The Balaban J connectivity index is 0.00000243. The maximum Gasteiger partial charge on any atom is 0.387 e. The molecule has 5 nitrogen and oxygen atoms in total. The zero-order valence-corrected chi connectivity index (χ0v) is 15.8. The average molecular weight is 404 g/mol. The lowest BCUT2D eigenvalue weighted by Gasteiger charge is -2.05. The number of amides is 1. The molecule has 0 unspecified atom stereocenters. The second-order valence-electron chi connectivity index (χ2n) is 5.95. The lowest BCUT2D eigenvalue weighted by Crippen LogP contribution is -2.29. The van der Waals surface area contributed by atoms with Gasteiger partial charge in [-0.2, -0.15) is 8.78 Å². The second kappa shape index (κ2) is 9.25. The van der Waals surface area contributed by atoms with E-state index >= 15 is 0 Å². The van der Waals surface area contributed by atoms with Crippen molar-refractivity contribution in [3.8, 4) is 17.0 Å². The Hall–Kier alpha value is -1.77. The highest BCUT2D eigenvalue weighted by Crippen LogP contribution is 2.31. The van der Waals surface area contributed by atoms with E-state index in [1.807, 2.05) is 6.92 Å². The molecule has 142 valence electrons. The number of ether oxygens (including phenoxy) is 1. The molecule has 1 saturated carbocycles. The fourth-order valence-electron chi connectivity index (χ4n) is 2.39. The first-order valence-corrected chi connectivity index (χ1v) is 8.86. The summed E-state index contributed by atoms with van der Waals surface area (Å²) in [6, 6.07) is 6.28. The highest BCUT2D eigenvalue weighted by Gasteiger charge is 2.20. The van der Waals surface area contributed by atoms with Crippen LogP contribution in [-0.2, 0) is 4.79 Å². The van der Waals surface area contributed by atoms with Crippen molar-refractivity contribution in [3.63, 3.8) is 0 Å². The zero-order chi connectivity index (χ0) is 17.8. The monoisotopic (exact) mass is 403 g/mol. The number of hydrogen-bond acceptors (Lipinski definition) is 5. The molecule has 3 rings (SSSR count). The Kier molecular flexibility index (Phi) is 7.31. The van der Waals surface area contributed by atoms with Crippen LogP contribution in [0.2, 0.25) is 0 Å². The molecular weight excluding hydrogens is 384 g/mol. The summed E-state index contributed by atoms with van der Waals surface area (Å²) in [5, 5.41) is 6.44. The second-order valence-corrected chi connectivity index (χ2v) is 7.15. The molecule has 0 atom stereocenters. The minimum atomic E-state index is -2.85. The molecule has 0 saturated heterocycles. The molecule has 2 aromatic rings. The summed E-state index contributed by atoms with van der Waals surface area (Å²) < 4.78 is 28.7. The highest BCUT2D eigenvalue weighted by atomic mass is 35.5. The number of thiazole rings is 1. The quantitative estimate of drug-likeness (QED) is 0.697. The van der Waals surface area contributed by atoms with Crippen LogP contribution in [-0.4, -0.2) is 30.6 Å². The number of benzene rings is 1. The number of nitrogens with zero attached hydrogens (tertiary/aromatic N) is 1. The number of alkyl halides is 2. The summed E-state index contributed by atoms with van der Waals surface area (Å²) in [5.41, 5.74) is 1.50. The van der Waals surface area contributed by atoms with Gasteiger partial charge in [0.15, 0.2) is 5.13 Å². The molecule has 1 aromatic heterocycles. The van der Waals surface area contributed by atoms with Crippen molar-refractivity contribution in [2.45, 2.75) is 26.4 Å². The molecule has 2 N–H and O–H groups in total. The molecule has 0 spiro atoms. The third kappa shape index (κ3) is 5.89. The van der Waals surface area contributed by atoms with E-state index in [-0.39, 0.29) is 30.6 Å². The Morgan fingerprint density at radius 1 is 1.35 bits per heavy atom. The minimum Gasteiger partial charge on any atom is -0.435 e. The van der Waals surface area contributed by atoms with Gasteiger partial charge in [-0.15, -0.1) is 23.7 Å². The summed E-state index contributed by atoms with van der Waals surface area (Å²) in [6.45, 7) is 0.201. The van der Waals surface area contributed by atoms with Crippen molar-refractivity contribution in [2.24, 2.45) is 5.92 Å². The van der Waals surface area contributed by atoms with E-state index in [1.165, 1.54) is 36.3 Å². The molecular formula is C17H20ClF2N3O2S. The van der Waals surface area contributed by atoms with E-state index in [0.29, 0.717) is 5.13 Å². The third-order valence-corrected chi connectivity index (χ3v) is 4.70. The standard InChI is InChI=1S/C17H19F2N3O2S.ClH/c1-10-15(12-4-6-13(7-5-12)24-16(18)19)22-17(25-10)21-14(23)9-20-8-11-2-3-11;/h4-7,11,16,20H,2-3,8-9H2,1H3,(H,21,22,23);1H. The number of nitrogens with one attached hydrogen (secondary N) is 2. The number of hydrogen-bond donors (Lipinski definition) is 2. The van der Waals surface area contributed by atoms with Crippen LogP contribution in [0.1, 0.15) is 17.7 Å². The number of aryl methyl sites for hydroxylation is 1. The van der Waals surface area contributed by atoms with E-state index in [1.54, 1.807) is 12.1 Å². The fraction of sp³-hybridized carbons (Fsp3) is 0.412. The normalized spacial score (nSPS) is 13.4. The Labute approximate surface area is 160 Å². The first-order chi connectivity index (χ1) is 12.0. The van der Waals surface area contributed by atoms with Gasteiger partial charge in [0.05, 0.1) is 12.2 Å². The van der Waals surface area contributed by atoms with Gasteiger partial charge >= 0.3 is 6.61 Å². The van der Waals surface area contributed by atoms with E-state index < -0.39 is 6.61 Å². The highest BCUT2D eigenvalue weighted by molar-refractivity contribution is 7.16. The summed E-state index contributed by atoms with van der Waals surface area (Å²) in [5.74, 6) is 0.696. The molecule has 1 amide bonds. The van der Waals surface area contributed by atoms with Crippen molar-refractivity contribution >= 4 is 34.8 Å². The van der Waals surface area contributed by atoms with E-state index in [2.05, 4.69) is 20.4 Å². The van der Waals surface area contributed by atoms with Crippen LogP contribution in [0.4, 0.5) is 13.9 Å². The number of carbonyl (C=O) groups is 1. The van der Waals surface area contributed by atoms with Crippen molar-refractivity contribution in [1.82, 2.24) is 10.3 Å². The lowest BCUT2D eigenvalue weighted by molar-refractivity contribution is -0.115. The van der Waals surface area contributed by atoms with Crippen LogP contribution in [0.5, 0.6) is 5.75 Å². The first-order valence-electron chi connectivity index (χ1n) is 8.04. The Bertz CT molecular complexity index is 736. The van der Waals surface area contributed by atoms with E-state index in [4.69, 9.17) is 0 Å². The smallest absolute Gasteiger partial charge is 0.387 e. The number of halogens is 3. The molecule has 1 aromatic carbocycles. The maximum absolute atomic E-state index is 12.2. The summed E-state index contributed by atoms with van der Waals surface area (Å²) >= 11 is 1.38. The number of aromatic nitrogens is 1. The molecule has 0 aliphatic heterocycles. The molecule has 1 aliphatic rings. The molecule has 0 radical (unpaired) electrons. The molecule has 1 aliphatic carbocycles. The predicted octanol–water partition coefficient (Wildman–Crippen LogP) is 4.08. The van der Waals surface area contributed by atoms with Gasteiger partial charge in [-0.1, -0.05) is 0 Å². The van der Waals surface area contributed by atoms with Crippen molar-refractivity contribution < 1.29 is 18.3 Å². The van der Waals surface area contributed by atoms with Crippen molar-refractivity contribution in [1.29, 1.82) is 0 Å². The zero-order valence-electron chi connectivity index (χ0n) is 14.1. The van der Waals surface area contributed by atoms with Crippen LogP contribution >= 0.6 is 23.7 Å². The van der Waals surface area contributed by atoms with Gasteiger partial charge in [0.25, 0.3) is 0 Å². The largest absolute Gasteiger partial charge is 0.435 e. The summed E-state index contributed by atoms with van der Waals surface area (Å²) in [6.07, 6.45) is 2.48. The van der Waals surface area contributed by atoms with Crippen LogP contribution in [0.25, 0.3) is 11.3 Å².